The third kappa shape index (κ3) is 8.06. The summed E-state index contributed by atoms with van der Waals surface area (Å²) < 4.78 is 15.5. The van der Waals surface area contributed by atoms with Gasteiger partial charge in [0, 0.05) is 33.4 Å². The molecule has 108 valence electrons. The second kappa shape index (κ2) is 11.9. The Bertz CT molecular complexity index is 224. The highest BCUT2D eigenvalue weighted by atomic mass is 127. The Labute approximate surface area is 126 Å². The van der Waals surface area contributed by atoms with Gasteiger partial charge >= 0.3 is 0 Å². The Morgan fingerprint density at radius 3 is 2.67 bits per heavy atom. The Balaban J connectivity index is 0.00000289. The van der Waals surface area contributed by atoms with Gasteiger partial charge in [-0.3, -0.25) is 4.99 Å². The molecule has 1 aliphatic rings. The van der Waals surface area contributed by atoms with Crippen molar-refractivity contribution in [1.29, 1.82) is 0 Å². The maximum absolute atomic E-state index is 5.87. The quantitative estimate of drug-likeness (QED) is 0.301. The first-order chi connectivity index (χ1) is 8.34. The molecule has 0 bridgehead atoms. The van der Waals surface area contributed by atoms with Gasteiger partial charge < -0.3 is 24.8 Å². The van der Waals surface area contributed by atoms with E-state index in [9.17, 15) is 0 Å². The summed E-state index contributed by atoms with van der Waals surface area (Å²) in [6.45, 7) is 5.81. The van der Waals surface area contributed by atoms with E-state index in [4.69, 9.17) is 19.9 Å². The molecule has 0 spiro atoms. The fraction of sp³-hybridized carbons (Fsp3) is 0.909. The van der Waals surface area contributed by atoms with Gasteiger partial charge in [-0.15, -0.1) is 24.0 Å². The zero-order valence-electron chi connectivity index (χ0n) is 11.0. The lowest BCUT2D eigenvalue weighted by molar-refractivity contribution is 0.0667. The SMILES string of the molecule is COCCOCCCN=C(N)N1CCOCC1.I. The summed E-state index contributed by atoms with van der Waals surface area (Å²) in [5.74, 6) is 0.616. The molecule has 0 aliphatic carbocycles. The first kappa shape index (κ1) is 17.9. The van der Waals surface area contributed by atoms with Gasteiger partial charge in [0.15, 0.2) is 5.96 Å². The largest absolute Gasteiger partial charge is 0.382 e. The standard InChI is InChI=1S/C11H23N3O3.HI/c1-15-9-10-16-6-2-3-13-11(12)14-4-7-17-8-5-14;/h2-10H2,1H3,(H2,12,13);1H. The molecule has 0 aromatic rings. The molecule has 0 radical (unpaired) electrons. The van der Waals surface area contributed by atoms with E-state index in [1.807, 2.05) is 0 Å². The summed E-state index contributed by atoms with van der Waals surface area (Å²) in [4.78, 5) is 6.37. The molecule has 0 aromatic carbocycles. The number of nitrogens with two attached hydrogens (primary N) is 1. The molecule has 1 rings (SSSR count). The van der Waals surface area contributed by atoms with E-state index in [1.54, 1.807) is 7.11 Å². The highest BCUT2D eigenvalue weighted by Gasteiger charge is 2.11. The molecule has 0 atom stereocenters. The van der Waals surface area contributed by atoms with Gasteiger partial charge in [-0.1, -0.05) is 0 Å². The predicted molar refractivity (Wildman–Crippen MR) is 81.6 cm³/mol. The molecule has 1 fully saturated rings. The van der Waals surface area contributed by atoms with Crippen molar-refractivity contribution in [3.05, 3.63) is 0 Å². The molecule has 0 unspecified atom stereocenters. The Morgan fingerprint density at radius 2 is 2.00 bits per heavy atom. The number of rotatable bonds is 7. The van der Waals surface area contributed by atoms with Crippen LogP contribution >= 0.6 is 24.0 Å². The molecule has 0 saturated carbocycles. The van der Waals surface area contributed by atoms with Crippen molar-refractivity contribution >= 4 is 29.9 Å². The minimum Gasteiger partial charge on any atom is -0.382 e. The fourth-order valence-electron chi connectivity index (χ4n) is 1.50. The van der Waals surface area contributed by atoms with Gasteiger partial charge in [0.1, 0.15) is 0 Å². The van der Waals surface area contributed by atoms with E-state index in [2.05, 4.69) is 9.89 Å². The van der Waals surface area contributed by atoms with E-state index < -0.39 is 0 Å². The summed E-state index contributed by atoms with van der Waals surface area (Å²) in [6, 6.07) is 0. The van der Waals surface area contributed by atoms with Crippen LogP contribution in [0.1, 0.15) is 6.42 Å². The summed E-state index contributed by atoms with van der Waals surface area (Å²) >= 11 is 0. The van der Waals surface area contributed by atoms with Crippen molar-refractivity contribution in [3.8, 4) is 0 Å². The number of halogens is 1. The number of aliphatic imine (C=N–C) groups is 1. The van der Waals surface area contributed by atoms with Crippen LogP contribution in [0, 0.1) is 0 Å². The number of nitrogens with zero attached hydrogens (tertiary/aromatic N) is 2. The number of morpholine rings is 1. The molecular formula is C11H24IN3O3. The van der Waals surface area contributed by atoms with Crippen LogP contribution in [0.5, 0.6) is 0 Å². The molecule has 0 amide bonds. The zero-order chi connectivity index (χ0) is 12.3. The summed E-state index contributed by atoms with van der Waals surface area (Å²) in [7, 11) is 1.66. The van der Waals surface area contributed by atoms with Crippen LogP contribution in [0.4, 0.5) is 0 Å². The average Bonchev–Trinajstić information content (AvgIpc) is 2.38. The summed E-state index contributed by atoms with van der Waals surface area (Å²) in [6.07, 6.45) is 0.884. The molecule has 1 saturated heterocycles. The van der Waals surface area contributed by atoms with Crippen LogP contribution in [-0.4, -0.2) is 70.6 Å². The maximum Gasteiger partial charge on any atom is 0.191 e. The second-order valence-electron chi connectivity index (χ2n) is 3.80. The molecule has 2 N–H and O–H groups in total. The van der Waals surface area contributed by atoms with Crippen LogP contribution in [0.25, 0.3) is 0 Å². The lowest BCUT2D eigenvalue weighted by atomic mass is 10.4. The minimum atomic E-state index is 0. The van der Waals surface area contributed by atoms with Crippen molar-refractivity contribution in [1.82, 2.24) is 4.90 Å². The van der Waals surface area contributed by atoms with Crippen LogP contribution in [-0.2, 0) is 14.2 Å². The van der Waals surface area contributed by atoms with Crippen molar-refractivity contribution in [2.24, 2.45) is 10.7 Å². The lowest BCUT2D eigenvalue weighted by Gasteiger charge is -2.27. The first-order valence-corrected chi connectivity index (χ1v) is 6.04. The lowest BCUT2D eigenvalue weighted by Crippen LogP contribution is -2.44. The van der Waals surface area contributed by atoms with Gasteiger partial charge in [0.2, 0.25) is 0 Å². The molecule has 18 heavy (non-hydrogen) atoms. The third-order valence-corrected chi connectivity index (χ3v) is 2.49. The van der Waals surface area contributed by atoms with Crippen LogP contribution in [0.2, 0.25) is 0 Å². The van der Waals surface area contributed by atoms with Crippen LogP contribution in [0.15, 0.2) is 4.99 Å². The van der Waals surface area contributed by atoms with E-state index >= 15 is 0 Å². The third-order valence-electron chi connectivity index (χ3n) is 2.49. The van der Waals surface area contributed by atoms with Crippen molar-refractivity contribution in [2.45, 2.75) is 6.42 Å². The van der Waals surface area contributed by atoms with Crippen molar-refractivity contribution in [2.75, 3.05) is 59.8 Å². The predicted octanol–water partition coefficient (Wildman–Crippen LogP) is 0.304. The fourth-order valence-corrected chi connectivity index (χ4v) is 1.50. The highest BCUT2D eigenvalue weighted by molar-refractivity contribution is 14.0. The Kier molecular flexibility index (Phi) is 11.9. The van der Waals surface area contributed by atoms with Gasteiger partial charge in [-0.05, 0) is 6.42 Å². The van der Waals surface area contributed by atoms with Gasteiger partial charge in [0.25, 0.3) is 0 Å². The highest BCUT2D eigenvalue weighted by Crippen LogP contribution is 1.96. The number of hydrogen-bond donors (Lipinski definition) is 1. The smallest absolute Gasteiger partial charge is 0.191 e. The Morgan fingerprint density at radius 1 is 1.28 bits per heavy atom. The molecule has 6 nitrogen and oxygen atoms in total. The summed E-state index contributed by atoms with van der Waals surface area (Å²) in [5, 5.41) is 0. The van der Waals surface area contributed by atoms with Gasteiger partial charge in [0.05, 0.1) is 26.4 Å². The van der Waals surface area contributed by atoms with Crippen LogP contribution in [0.3, 0.4) is 0 Å². The number of methoxy groups -OCH3 is 1. The second-order valence-corrected chi connectivity index (χ2v) is 3.80. The van der Waals surface area contributed by atoms with Gasteiger partial charge in [-0.2, -0.15) is 0 Å². The van der Waals surface area contributed by atoms with Crippen LogP contribution < -0.4 is 5.73 Å². The van der Waals surface area contributed by atoms with Crippen molar-refractivity contribution in [3.63, 3.8) is 0 Å². The number of ether oxygens (including phenoxy) is 3. The minimum absolute atomic E-state index is 0. The average molecular weight is 373 g/mol. The van der Waals surface area contributed by atoms with E-state index in [0.29, 0.717) is 32.3 Å². The Hall–Kier alpha value is -0.120. The van der Waals surface area contributed by atoms with E-state index in [-0.39, 0.29) is 24.0 Å². The molecule has 1 aliphatic heterocycles. The number of guanidine groups is 1. The molecule has 7 heteroatoms. The normalized spacial score (nSPS) is 16.5. The molecular weight excluding hydrogens is 349 g/mol. The summed E-state index contributed by atoms with van der Waals surface area (Å²) in [5.41, 5.74) is 5.87. The molecule has 0 aromatic heterocycles. The monoisotopic (exact) mass is 373 g/mol. The van der Waals surface area contributed by atoms with E-state index in [0.717, 1.165) is 32.7 Å². The number of hydrogen-bond acceptors (Lipinski definition) is 4. The van der Waals surface area contributed by atoms with Crippen molar-refractivity contribution < 1.29 is 14.2 Å². The van der Waals surface area contributed by atoms with E-state index in [1.165, 1.54) is 0 Å². The van der Waals surface area contributed by atoms with Gasteiger partial charge in [-0.25, -0.2) is 0 Å². The topological polar surface area (TPSA) is 69.3 Å². The zero-order valence-corrected chi connectivity index (χ0v) is 13.3. The molecule has 1 heterocycles. The maximum atomic E-state index is 5.87. The first-order valence-electron chi connectivity index (χ1n) is 6.04.